The third kappa shape index (κ3) is 4.01. The molecule has 0 atom stereocenters. The minimum absolute atomic E-state index is 0.218. The van der Waals surface area contributed by atoms with Crippen molar-refractivity contribution in [1.29, 1.82) is 0 Å². The summed E-state index contributed by atoms with van der Waals surface area (Å²) in [5.74, 6) is 0.463. The Hall–Kier alpha value is -2.18. The Morgan fingerprint density at radius 2 is 2.04 bits per heavy atom. The van der Waals surface area contributed by atoms with E-state index in [0.29, 0.717) is 36.3 Å². The first-order valence-corrected chi connectivity index (χ1v) is 8.21. The van der Waals surface area contributed by atoms with E-state index in [1.165, 1.54) is 0 Å². The lowest BCUT2D eigenvalue weighted by atomic mass is 10.2. The zero-order valence-corrected chi connectivity index (χ0v) is 14.2. The molecule has 0 unspecified atom stereocenters. The van der Waals surface area contributed by atoms with E-state index in [4.69, 9.17) is 16.3 Å². The minimum Gasteiger partial charge on any atom is -0.378 e. The first-order valence-electron chi connectivity index (χ1n) is 7.83. The maximum atomic E-state index is 12.2. The van der Waals surface area contributed by atoms with Gasteiger partial charge >= 0.3 is 0 Å². The minimum atomic E-state index is -0.218. The van der Waals surface area contributed by atoms with Crippen LogP contribution in [0, 0.1) is 6.92 Å². The Kier molecular flexibility index (Phi) is 5.27. The predicted octanol–water partition coefficient (Wildman–Crippen LogP) is 2.21. The number of hydrogen-bond acceptors (Lipinski definition) is 5. The summed E-state index contributed by atoms with van der Waals surface area (Å²) in [5, 5.41) is 3.29. The van der Waals surface area contributed by atoms with E-state index in [1.54, 1.807) is 24.3 Å². The lowest BCUT2D eigenvalue weighted by molar-refractivity contribution is 0.0950. The standard InChI is InChI=1S/C17H19ClN4O2/c1-12-10-13(21-17(20-12)22-6-8-24-9-7-22)11-19-16(23)14-4-2-3-5-15(14)18/h2-5,10H,6-9,11H2,1H3,(H,19,23). The molecule has 1 amide bonds. The first kappa shape index (κ1) is 16.7. The van der Waals surface area contributed by atoms with E-state index in [1.807, 2.05) is 13.0 Å². The van der Waals surface area contributed by atoms with Gasteiger partial charge in [0, 0.05) is 18.8 Å². The van der Waals surface area contributed by atoms with Crippen molar-refractivity contribution in [2.45, 2.75) is 13.5 Å². The fourth-order valence-electron chi connectivity index (χ4n) is 2.52. The summed E-state index contributed by atoms with van der Waals surface area (Å²) in [7, 11) is 0. The second-order valence-electron chi connectivity index (χ2n) is 5.56. The molecule has 0 radical (unpaired) electrons. The van der Waals surface area contributed by atoms with E-state index >= 15 is 0 Å². The number of nitrogens with one attached hydrogen (secondary N) is 1. The molecule has 1 aromatic heterocycles. The normalized spacial score (nSPS) is 14.5. The third-order valence-electron chi connectivity index (χ3n) is 3.74. The van der Waals surface area contributed by atoms with E-state index < -0.39 is 0 Å². The number of nitrogens with zero attached hydrogens (tertiary/aromatic N) is 3. The van der Waals surface area contributed by atoms with Gasteiger partial charge in [0.15, 0.2) is 0 Å². The highest BCUT2D eigenvalue weighted by molar-refractivity contribution is 6.33. The van der Waals surface area contributed by atoms with Gasteiger partial charge in [-0.15, -0.1) is 0 Å². The fraction of sp³-hybridized carbons (Fsp3) is 0.353. The zero-order valence-electron chi connectivity index (χ0n) is 13.5. The highest BCUT2D eigenvalue weighted by Gasteiger charge is 2.15. The van der Waals surface area contributed by atoms with Crippen molar-refractivity contribution in [3.8, 4) is 0 Å². The van der Waals surface area contributed by atoms with Gasteiger partial charge in [-0.1, -0.05) is 23.7 Å². The topological polar surface area (TPSA) is 67.4 Å². The third-order valence-corrected chi connectivity index (χ3v) is 4.07. The molecule has 0 bridgehead atoms. The molecule has 6 nitrogen and oxygen atoms in total. The Bertz CT molecular complexity index is 732. The van der Waals surface area contributed by atoms with Gasteiger partial charge in [-0.25, -0.2) is 9.97 Å². The number of carbonyl (C=O) groups is 1. The molecule has 7 heteroatoms. The Morgan fingerprint density at radius 1 is 1.29 bits per heavy atom. The lowest BCUT2D eigenvalue weighted by Crippen LogP contribution is -2.37. The Morgan fingerprint density at radius 3 is 2.79 bits per heavy atom. The van der Waals surface area contributed by atoms with E-state index in [2.05, 4.69) is 20.2 Å². The summed E-state index contributed by atoms with van der Waals surface area (Å²) < 4.78 is 5.35. The van der Waals surface area contributed by atoms with Crippen LogP contribution in [0.1, 0.15) is 21.7 Å². The molecular weight excluding hydrogens is 328 g/mol. The highest BCUT2D eigenvalue weighted by atomic mass is 35.5. The molecule has 126 valence electrons. The number of morpholine rings is 1. The van der Waals surface area contributed by atoms with Crippen LogP contribution in [-0.2, 0) is 11.3 Å². The van der Waals surface area contributed by atoms with E-state index in [0.717, 1.165) is 24.5 Å². The molecule has 1 aromatic carbocycles. The van der Waals surface area contributed by atoms with Gasteiger partial charge in [0.25, 0.3) is 5.91 Å². The number of amides is 1. The maximum absolute atomic E-state index is 12.2. The SMILES string of the molecule is Cc1cc(CNC(=O)c2ccccc2Cl)nc(N2CCOCC2)n1. The molecule has 1 saturated heterocycles. The molecule has 0 aliphatic carbocycles. The maximum Gasteiger partial charge on any atom is 0.253 e. The number of anilines is 1. The highest BCUT2D eigenvalue weighted by Crippen LogP contribution is 2.15. The van der Waals surface area contributed by atoms with E-state index in [9.17, 15) is 4.79 Å². The summed E-state index contributed by atoms with van der Waals surface area (Å²) in [4.78, 5) is 23.4. The number of benzene rings is 1. The molecule has 1 aliphatic rings. The number of hydrogen-bond donors (Lipinski definition) is 1. The van der Waals surface area contributed by atoms with Crippen LogP contribution < -0.4 is 10.2 Å². The molecule has 24 heavy (non-hydrogen) atoms. The number of aromatic nitrogens is 2. The number of ether oxygens (including phenoxy) is 1. The summed E-state index contributed by atoms with van der Waals surface area (Å²) in [5.41, 5.74) is 2.09. The fourth-order valence-corrected chi connectivity index (χ4v) is 2.75. The molecule has 1 fully saturated rings. The molecule has 0 saturated carbocycles. The number of aryl methyl sites for hydroxylation is 1. The van der Waals surface area contributed by atoms with Gasteiger partial charge in [-0.3, -0.25) is 4.79 Å². The van der Waals surface area contributed by atoms with Crippen LogP contribution in [0.2, 0.25) is 5.02 Å². The molecule has 0 spiro atoms. The van der Waals surface area contributed by atoms with Crippen molar-refractivity contribution < 1.29 is 9.53 Å². The van der Waals surface area contributed by atoms with Crippen LogP contribution in [0.3, 0.4) is 0 Å². The molecule has 2 aromatic rings. The van der Waals surface area contributed by atoms with Gasteiger partial charge in [0.05, 0.1) is 36.0 Å². The average Bonchev–Trinajstić information content (AvgIpc) is 2.60. The molecule has 3 rings (SSSR count). The summed E-state index contributed by atoms with van der Waals surface area (Å²) >= 11 is 6.05. The first-order chi connectivity index (χ1) is 11.6. The van der Waals surface area contributed by atoms with E-state index in [-0.39, 0.29) is 5.91 Å². The average molecular weight is 347 g/mol. The van der Waals surface area contributed by atoms with Crippen LogP contribution >= 0.6 is 11.6 Å². The summed E-state index contributed by atoms with van der Waals surface area (Å²) in [6.45, 7) is 5.14. The second-order valence-corrected chi connectivity index (χ2v) is 5.97. The van der Waals surface area contributed by atoms with Crippen molar-refractivity contribution in [3.63, 3.8) is 0 Å². The summed E-state index contributed by atoms with van der Waals surface area (Å²) in [6, 6.07) is 8.84. The molecule has 1 N–H and O–H groups in total. The van der Waals surface area contributed by atoms with Gasteiger partial charge in [0.1, 0.15) is 0 Å². The van der Waals surface area contributed by atoms with Gasteiger partial charge in [0.2, 0.25) is 5.95 Å². The molecular formula is C17H19ClN4O2. The molecule has 2 heterocycles. The largest absolute Gasteiger partial charge is 0.378 e. The Balaban J connectivity index is 1.70. The lowest BCUT2D eigenvalue weighted by Gasteiger charge is -2.27. The summed E-state index contributed by atoms with van der Waals surface area (Å²) in [6.07, 6.45) is 0. The van der Waals surface area contributed by atoms with Crippen LogP contribution in [0.4, 0.5) is 5.95 Å². The number of rotatable bonds is 4. The van der Waals surface area contributed by atoms with Crippen molar-refractivity contribution in [2.24, 2.45) is 0 Å². The van der Waals surface area contributed by atoms with Crippen molar-refractivity contribution >= 4 is 23.5 Å². The zero-order chi connectivity index (χ0) is 16.9. The monoisotopic (exact) mass is 346 g/mol. The molecule has 1 aliphatic heterocycles. The van der Waals surface area contributed by atoms with Gasteiger partial charge < -0.3 is 15.0 Å². The van der Waals surface area contributed by atoms with Gasteiger partial charge in [-0.05, 0) is 25.1 Å². The van der Waals surface area contributed by atoms with Crippen molar-refractivity contribution in [2.75, 3.05) is 31.2 Å². The number of halogens is 1. The smallest absolute Gasteiger partial charge is 0.253 e. The van der Waals surface area contributed by atoms with Crippen molar-refractivity contribution in [3.05, 3.63) is 52.3 Å². The van der Waals surface area contributed by atoms with Crippen molar-refractivity contribution in [1.82, 2.24) is 15.3 Å². The quantitative estimate of drug-likeness (QED) is 0.919. The predicted molar refractivity (Wildman–Crippen MR) is 92.4 cm³/mol. The van der Waals surface area contributed by atoms with Gasteiger partial charge in [-0.2, -0.15) is 0 Å². The van der Waals surface area contributed by atoms with Crippen LogP contribution in [0.25, 0.3) is 0 Å². The Labute approximate surface area is 145 Å². The number of carbonyl (C=O) groups excluding carboxylic acids is 1. The van der Waals surface area contributed by atoms with Crippen LogP contribution in [0.15, 0.2) is 30.3 Å². The van der Waals surface area contributed by atoms with Crippen LogP contribution in [-0.4, -0.2) is 42.2 Å². The second kappa shape index (κ2) is 7.59. The van der Waals surface area contributed by atoms with Crippen LogP contribution in [0.5, 0.6) is 0 Å².